The Kier molecular flexibility index (Phi) is 7.21. The van der Waals surface area contributed by atoms with E-state index in [0.717, 1.165) is 17.0 Å². The minimum Gasteiger partial charge on any atom is -0.429 e. The normalized spacial score (nSPS) is 24.8. The lowest BCUT2D eigenvalue weighted by Gasteiger charge is -2.43. The summed E-state index contributed by atoms with van der Waals surface area (Å²) in [5.74, 6) is 0.402. The van der Waals surface area contributed by atoms with Crippen LogP contribution in [0.4, 0.5) is 4.39 Å². The first kappa shape index (κ1) is 24.6. The molecule has 0 saturated heterocycles. The van der Waals surface area contributed by atoms with Gasteiger partial charge < -0.3 is 9.52 Å². The summed E-state index contributed by atoms with van der Waals surface area (Å²) in [5.41, 5.74) is 1.79. The van der Waals surface area contributed by atoms with Crippen LogP contribution in [0, 0.1) is 11.7 Å². The Labute approximate surface area is 207 Å². The zero-order valence-electron chi connectivity index (χ0n) is 19.3. The minimum absolute atomic E-state index is 0.0655. The Balaban J connectivity index is 1.76. The molecular weight excluding hydrogens is 475 g/mol. The summed E-state index contributed by atoms with van der Waals surface area (Å²) >= 11 is 7.37. The second-order valence-electron chi connectivity index (χ2n) is 8.68. The first-order chi connectivity index (χ1) is 16.2. The van der Waals surface area contributed by atoms with Crippen LogP contribution in [-0.2, 0) is 0 Å². The molecule has 0 spiro atoms. The van der Waals surface area contributed by atoms with Crippen LogP contribution in [0.25, 0.3) is 11.5 Å². The number of azo groups is 1. The van der Waals surface area contributed by atoms with Crippen molar-refractivity contribution in [1.82, 2.24) is 4.98 Å². The van der Waals surface area contributed by atoms with Crippen molar-refractivity contribution in [2.24, 2.45) is 16.1 Å². The van der Waals surface area contributed by atoms with Crippen molar-refractivity contribution in [3.63, 3.8) is 0 Å². The van der Waals surface area contributed by atoms with Gasteiger partial charge in [-0.05, 0) is 61.6 Å². The highest BCUT2D eigenvalue weighted by Gasteiger charge is 2.48. The van der Waals surface area contributed by atoms with Crippen LogP contribution in [0.1, 0.15) is 38.4 Å². The van der Waals surface area contributed by atoms with Crippen molar-refractivity contribution < 1.29 is 18.5 Å². The quantitative estimate of drug-likeness (QED) is 0.155. The second-order valence-corrected chi connectivity index (χ2v) is 10.3. The van der Waals surface area contributed by atoms with Gasteiger partial charge >= 0.3 is 0 Å². The number of nitrogens with zero attached hydrogens (tertiary/aromatic N) is 4. The van der Waals surface area contributed by atoms with Crippen LogP contribution in [0.15, 0.2) is 77.9 Å². The third kappa shape index (κ3) is 4.94. The summed E-state index contributed by atoms with van der Waals surface area (Å²) in [4.78, 5) is 4.76. The number of aliphatic hydroxyl groups is 1. The fraction of sp³-hybridized carbons (Fsp3) is 0.360. The number of hydrogen-bond donors (Lipinski definition) is 1. The maximum Gasteiger partial charge on any atom is 0.247 e. The van der Waals surface area contributed by atoms with Crippen molar-refractivity contribution in [2.75, 3.05) is 13.7 Å². The Morgan fingerprint density at radius 2 is 2.12 bits per heavy atom. The van der Waals surface area contributed by atoms with Gasteiger partial charge in [0, 0.05) is 28.4 Å². The average molecular weight is 502 g/mol. The predicted octanol–water partition coefficient (Wildman–Crippen LogP) is 6.49. The average Bonchev–Trinajstić information content (AvgIpc) is 3.14. The maximum atomic E-state index is 13.5. The number of allylic oxidation sites excluding steroid dienone is 3. The van der Waals surface area contributed by atoms with Gasteiger partial charge in [-0.15, -0.1) is 0 Å². The number of fused-ring (bicyclic) bond motifs is 1. The molecule has 1 N–H and O–H groups in total. The molecule has 2 aromatic rings. The first-order valence-corrected chi connectivity index (χ1v) is 12.2. The van der Waals surface area contributed by atoms with Crippen molar-refractivity contribution in [3.8, 4) is 11.5 Å². The van der Waals surface area contributed by atoms with E-state index in [-0.39, 0.29) is 18.5 Å². The van der Waals surface area contributed by atoms with Gasteiger partial charge in [-0.3, -0.25) is 0 Å². The van der Waals surface area contributed by atoms with Gasteiger partial charge in [0.05, 0.1) is 6.61 Å². The van der Waals surface area contributed by atoms with E-state index in [1.54, 1.807) is 29.7 Å². The van der Waals surface area contributed by atoms with E-state index >= 15 is 0 Å². The highest BCUT2D eigenvalue weighted by atomic mass is 35.5. The van der Waals surface area contributed by atoms with E-state index < -0.39 is 5.54 Å². The molecule has 3 atom stereocenters. The van der Waals surface area contributed by atoms with Crippen LogP contribution in [-0.4, -0.2) is 40.6 Å². The highest BCUT2D eigenvalue weighted by Crippen LogP contribution is 2.50. The SMILES string of the molecule is C=[N+](C)C(=CC=C(C)Cl)Sc1oc(-c2ccc(F)cc2)nc1C1CC=C2C(C)CC2(CO)N=N1. The standard InChI is InChI=1S/C25H27ClFN4O2S/c1-15-13-25(14-32)19(15)10-11-20(29-30-25)22-24(34-21(31(3)4)12-5-16(2)26)33-23(28-22)17-6-8-18(27)9-7-17/h5-10,12,15,20,32H,3,11,13-14H2,1-2,4H3/q+1. The molecule has 0 bridgehead atoms. The number of hydrogen-bond acceptors (Lipinski definition) is 6. The summed E-state index contributed by atoms with van der Waals surface area (Å²) in [7, 11) is 1.83. The second kappa shape index (κ2) is 9.98. The minimum atomic E-state index is -0.619. The summed E-state index contributed by atoms with van der Waals surface area (Å²) in [6.07, 6.45) is 7.12. The molecule has 1 aromatic carbocycles. The topological polar surface area (TPSA) is 74.0 Å². The molecule has 4 rings (SSSR count). The largest absolute Gasteiger partial charge is 0.429 e. The number of thioether (sulfide) groups is 1. The number of oxazole rings is 1. The fourth-order valence-electron chi connectivity index (χ4n) is 4.21. The monoisotopic (exact) mass is 501 g/mol. The van der Waals surface area contributed by atoms with Crippen LogP contribution < -0.4 is 0 Å². The number of benzene rings is 1. The first-order valence-electron chi connectivity index (χ1n) is 11.0. The Hall–Kier alpha value is -2.55. The number of aromatic nitrogens is 1. The van der Waals surface area contributed by atoms with Gasteiger partial charge in [-0.25, -0.2) is 13.9 Å². The van der Waals surface area contributed by atoms with E-state index in [1.807, 2.05) is 13.1 Å². The fourth-order valence-corrected chi connectivity index (χ4v) is 5.16. The Bertz CT molecular complexity index is 1210. The third-order valence-corrected chi connectivity index (χ3v) is 7.24. The molecule has 1 aliphatic carbocycles. The molecule has 1 aliphatic heterocycles. The lowest BCUT2D eigenvalue weighted by Crippen LogP contribution is -2.46. The molecule has 1 aromatic heterocycles. The van der Waals surface area contributed by atoms with Gasteiger partial charge in [0.15, 0.2) is 5.09 Å². The highest BCUT2D eigenvalue weighted by molar-refractivity contribution is 8.02. The zero-order valence-corrected chi connectivity index (χ0v) is 20.9. The van der Waals surface area contributed by atoms with Gasteiger partial charge in [-0.2, -0.15) is 10.2 Å². The van der Waals surface area contributed by atoms with Crippen molar-refractivity contribution >= 4 is 30.1 Å². The van der Waals surface area contributed by atoms with Gasteiger partial charge in [0.2, 0.25) is 10.9 Å². The van der Waals surface area contributed by atoms with E-state index in [9.17, 15) is 9.50 Å². The summed E-state index contributed by atoms with van der Waals surface area (Å²) in [6.45, 7) is 7.85. The molecular formula is C25H27ClFN4O2S+. The molecule has 9 heteroatoms. The van der Waals surface area contributed by atoms with E-state index in [4.69, 9.17) is 21.0 Å². The van der Waals surface area contributed by atoms with Gasteiger partial charge in [-0.1, -0.05) is 24.6 Å². The Morgan fingerprint density at radius 3 is 2.74 bits per heavy atom. The van der Waals surface area contributed by atoms with Crippen LogP contribution >= 0.6 is 23.4 Å². The third-order valence-electron chi connectivity index (χ3n) is 5.98. The van der Waals surface area contributed by atoms with Crippen molar-refractivity contribution in [1.29, 1.82) is 0 Å². The summed E-state index contributed by atoms with van der Waals surface area (Å²) < 4.78 is 21.4. The van der Waals surface area contributed by atoms with E-state index in [2.05, 4.69) is 29.9 Å². The zero-order chi connectivity index (χ0) is 24.5. The van der Waals surface area contributed by atoms with Crippen LogP contribution in [0.5, 0.6) is 0 Å². The van der Waals surface area contributed by atoms with Crippen molar-refractivity contribution in [3.05, 3.63) is 69.6 Å². The molecule has 178 valence electrons. The molecule has 1 fully saturated rings. The number of halogens is 2. The van der Waals surface area contributed by atoms with Gasteiger partial charge in [0.25, 0.3) is 0 Å². The molecule has 2 aliphatic rings. The molecule has 3 unspecified atom stereocenters. The number of rotatable bonds is 7. The summed E-state index contributed by atoms with van der Waals surface area (Å²) in [5, 5.41) is 21.1. The molecule has 0 amide bonds. The number of aliphatic hydroxyl groups excluding tert-OH is 1. The van der Waals surface area contributed by atoms with Crippen LogP contribution in [0.3, 0.4) is 0 Å². The van der Waals surface area contributed by atoms with Gasteiger partial charge in [0.1, 0.15) is 36.9 Å². The maximum absolute atomic E-state index is 13.5. The molecule has 34 heavy (non-hydrogen) atoms. The smallest absolute Gasteiger partial charge is 0.247 e. The van der Waals surface area contributed by atoms with E-state index in [0.29, 0.717) is 39.6 Å². The van der Waals surface area contributed by atoms with Crippen LogP contribution in [0.2, 0.25) is 0 Å². The molecule has 6 nitrogen and oxygen atoms in total. The van der Waals surface area contributed by atoms with Crippen molar-refractivity contribution in [2.45, 2.75) is 43.4 Å². The Morgan fingerprint density at radius 1 is 1.38 bits per heavy atom. The molecule has 1 saturated carbocycles. The molecule has 2 heterocycles. The molecule has 0 radical (unpaired) electrons. The van der Waals surface area contributed by atoms with E-state index in [1.165, 1.54) is 23.9 Å². The predicted molar refractivity (Wildman–Crippen MR) is 133 cm³/mol. The lowest BCUT2D eigenvalue weighted by atomic mass is 9.65. The summed E-state index contributed by atoms with van der Waals surface area (Å²) in [6, 6.07) is 5.62. The lowest BCUT2D eigenvalue weighted by molar-refractivity contribution is -0.419.